The van der Waals surface area contributed by atoms with E-state index in [2.05, 4.69) is 10.1 Å². The van der Waals surface area contributed by atoms with Crippen molar-refractivity contribution in [1.29, 1.82) is 0 Å². The molecule has 0 saturated heterocycles. The fraction of sp³-hybridized carbons (Fsp3) is 0.333. The van der Waals surface area contributed by atoms with Crippen molar-refractivity contribution in [3.05, 3.63) is 35.9 Å². The topological polar surface area (TPSA) is 89.5 Å². The van der Waals surface area contributed by atoms with Crippen molar-refractivity contribution >= 4 is 23.4 Å². The Morgan fingerprint density at radius 3 is 2.29 bits per heavy atom. The van der Waals surface area contributed by atoms with Crippen molar-refractivity contribution < 1.29 is 23.9 Å². The molecule has 0 heterocycles. The Hall–Kier alpha value is -2.50. The zero-order valence-corrected chi connectivity index (χ0v) is 11.9. The lowest BCUT2D eigenvalue weighted by Gasteiger charge is -2.16. The van der Waals surface area contributed by atoms with Crippen LogP contribution in [0, 0.1) is 0 Å². The molecule has 1 aromatic rings. The highest BCUT2D eigenvalue weighted by atomic mass is 16.5. The van der Waals surface area contributed by atoms with E-state index in [-0.39, 0.29) is 12.3 Å². The van der Waals surface area contributed by atoms with E-state index in [1.165, 1.54) is 6.92 Å². The van der Waals surface area contributed by atoms with Gasteiger partial charge in [-0.3, -0.25) is 14.4 Å². The van der Waals surface area contributed by atoms with Crippen LogP contribution in [0.2, 0.25) is 0 Å². The minimum absolute atomic E-state index is 0.258. The van der Waals surface area contributed by atoms with E-state index in [1.807, 2.05) is 30.3 Å². The van der Waals surface area contributed by atoms with Crippen LogP contribution in [0.25, 0.3) is 0 Å². The largest absolute Gasteiger partial charge is 0.463 e. The van der Waals surface area contributed by atoms with Crippen LogP contribution in [-0.4, -0.2) is 36.6 Å². The molecule has 0 aliphatic carbocycles. The Morgan fingerprint density at radius 2 is 1.76 bits per heavy atom. The van der Waals surface area contributed by atoms with Gasteiger partial charge in [-0.05, 0) is 12.0 Å². The van der Waals surface area contributed by atoms with Crippen molar-refractivity contribution in [2.45, 2.75) is 25.8 Å². The first-order valence-corrected chi connectivity index (χ1v) is 6.39. The Kier molecular flexibility index (Phi) is 6.26. The molecule has 0 aliphatic heterocycles. The molecule has 1 N–H and O–H groups in total. The number of benzene rings is 1. The molecule has 6 nitrogen and oxygen atoms in total. The van der Waals surface area contributed by atoms with Crippen LogP contribution in [0.4, 0.5) is 0 Å². The third-order valence-corrected chi connectivity index (χ3v) is 2.80. The first-order chi connectivity index (χ1) is 9.93. The van der Waals surface area contributed by atoms with Gasteiger partial charge in [-0.2, -0.15) is 0 Å². The maximum atomic E-state index is 12.1. The molecular weight excluding hydrogens is 274 g/mol. The zero-order valence-electron chi connectivity index (χ0n) is 11.9. The summed E-state index contributed by atoms with van der Waals surface area (Å²) in [5.41, 5.74) is 0.843. The highest BCUT2D eigenvalue weighted by Crippen LogP contribution is 2.06. The van der Waals surface area contributed by atoms with Crippen LogP contribution in [0.3, 0.4) is 0 Å². The maximum absolute atomic E-state index is 12.1. The molecule has 0 saturated carbocycles. The highest BCUT2D eigenvalue weighted by Gasteiger charge is 2.25. The maximum Gasteiger partial charge on any atom is 0.374 e. The molecule has 0 radical (unpaired) electrons. The molecule has 0 bridgehead atoms. The fourth-order valence-electron chi connectivity index (χ4n) is 1.81. The van der Waals surface area contributed by atoms with Gasteiger partial charge in [0.05, 0.1) is 19.6 Å². The summed E-state index contributed by atoms with van der Waals surface area (Å²) < 4.78 is 4.26. The smallest absolute Gasteiger partial charge is 0.374 e. The molecule has 112 valence electrons. The average molecular weight is 291 g/mol. The molecule has 0 aromatic heterocycles. The number of hydrogen-bond acceptors (Lipinski definition) is 5. The number of amides is 1. The van der Waals surface area contributed by atoms with Gasteiger partial charge in [-0.15, -0.1) is 0 Å². The minimum Gasteiger partial charge on any atom is -0.463 e. The second kappa shape index (κ2) is 7.94. The van der Waals surface area contributed by atoms with Crippen LogP contribution < -0.4 is 5.32 Å². The van der Waals surface area contributed by atoms with Crippen molar-refractivity contribution in [3.63, 3.8) is 0 Å². The van der Waals surface area contributed by atoms with Crippen LogP contribution in [0.5, 0.6) is 0 Å². The van der Waals surface area contributed by atoms with Crippen molar-refractivity contribution in [1.82, 2.24) is 5.32 Å². The molecule has 21 heavy (non-hydrogen) atoms. The van der Waals surface area contributed by atoms with Gasteiger partial charge < -0.3 is 10.1 Å². The van der Waals surface area contributed by atoms with Crippen LogP contribution in [0.1, 0.15) is 18.9 Å². The number of ether oxygens (including phenoxy) is 1. The van der Waals surface area contributed by atoms with Crippen molar-refractivity contribution in [3.8, 4) is 0 Å². The van der Waals surface area contributed by atoms with Crippen molar-refractivity contribution in [2.75, 3.05) is 7.11 Å². The second-order valence-electron chi connectivity index (χ2n) is 4.50. The predicted octanol–water partition coefficient (Wildman–Crippen LogP) is 0.435. The molecule has 6 heteroatoms. The van der Waals surface area contributed by atoms with E-state index in [9.17, 15) is 19.2 Å². The summed E-state index contributed by atoms with van der Waals surface area (Å²) in [4.78, 5) is 45.7. The lowest BCUT2D eigenvalue weighted by Crippen LogP contribution is -2.42. The summed E-state index contributed by atoms with van der Waals surface area (Å²) >= 11 is 0. The van der Waals surface area contributed by atoms with Gasteiger partial charge in [0.1, 0.15) is 0 Å². The van der Waals surface area contributed by atoms with Crippen LogP contribution in [-0.2, 0) is 30.3 Å². The number of carbonyl (C=O) groups is 4. The van der Waals surface area contributed by atoms with Gasteiger partial charge in [0.15, 0.2) is 5.78 Å². The molecule has 0 aliphatic rings. The van der Waals surface area contributed by atoms with E-state index in [0.29, 0.717) is 0 Å². The highest BCUT2D eigenvalue weighted by molar-refractivity contribution is 6.37. The molecule has 1 unspecified atom stereocenters. The van der Waals surface area contributed by atoms with E-state index in [0.717, 1.165) is 12.7 Å². The number of methoxy groups -OCH3 is 1. The Morgan fingerprint density at radius 1 is 1.14 bits per heavy atom. The molecule has 1 rings (SSSR count). The van der Waals surface area contributed by atoms with E-state index in [1.54, 1.807) is 0 Å². The van der Waals surface area contributed by atoms with Gasteiger partial charge in [-0.1, -0.05) is 30.3 Å². The number of nitrogens with one attached hydrogen (secondary N) is 1. The number of ketones is 2. The van der Waals surface area contributed by atoms with Gasteiger partial charge in [0.2, 0.25) is 11.7 Å². The lowest BCUT2D eigenvalue weighted by molar-refractivity contribution is -0.152. The molecule has 1 amide bonds. The van der Waals surface area contributed by atoms with Gasteiger partial charge in [0.25, 0.3) is 0 Å². The number of hydrogen-bond donors (Lipinski definition) is 1. The monoisotopic (exact) mass is 291 g/mol. The van der Waals surface area contributed by atoms with Gasteiger partial charge in [0, 0.05) is 6.92 Å². The number of Topliss-reactive ketones (excluding diaryl/α,β-unsaturated/α-hetero) is 2. The van der Waals surface area contributed by atoms with Crippen LogP contribution in [0.15, 0.2) is 30.3 Å². The molecular formula is C15H17NO5. The van der Waals surface area contributed by atoms with Crippen molar-refractivity contribution in [2.24, 2.45) is 0 Å². The summed E-state index contributed by atoms with van der Waals surface area (Å²) in [6, 6.07) is 8.22. The van der Waals surface area contributed by atoms with Gasteiger partial charge in [-0.25, -0.2) is 4.79 Å². The van der Waals surface area contributed by atoms with E-state index < -0.39 is 30.0 Å². The number of carbonyl (C=O) groups excluding carboxylic acids is 4. The summed E-state index contributed by atoms with van der Waals surface area (Å²) in [5.74, 6) is -2.89. The first-order valence-electron chi connectivity index (χ1n) is 6.39. The first kappa shape index (κ1) is 16.6. The molecule has 1 aromatic carbocycles. The third kappa shape index (κ3) is 5.56. The normalized spacial score (nSPS) is 11.3. The summed E-state index contributed by atoms with van der Waals surface area (Å²) in [5, 5.41) is 2.50. The summed E-state index contributed by atoms with van der Waals surface area (Å²) in [6.07, 6.45) is -0.335. The molecule has 0 fully saturated rings. The second-order valence-corrected chi connectivity index (χ2v) is 4.50. The number of rotatable bonds is 7. The number of esters is 1. The van der Waals surface area contributed by atoms with E-state index in [4.69, 9.17) is 0 Å². The Balaban J connectivity index is 2.77. The average Bonchev–Trinajstić information content (AvgIpc) is 2.46. The Bertz CT molecular complexity index is 538. The standard InChI is InChI=1S/C15H17NO5/c1-10(17)16-12(8-11-6-4-3-5-7-11)13(18)9-14(19)15(20)21-2/h3-7,12H,8-9H2,1-2H3,(H,16,17). The fourth-order valence-corrected chi connectivity index (χ4v) is 1.81. The summed E-state index contributed by atoms with van der Waals surface area (Å²) in [6.45, 7) is 1.29. The van der Waals surface area contributed by atoms with E-state index >= 15 is 0 Å². The molecule has 0 spiro atoms. The SMILES string of the molecule is COC(=O)C(=O)CC(=O)C(Cc1ccccc1)NC(C)=O. The third-order valence-electron chi connectivity index (χ3n) is 2.80. The molecule has 1 atom stereocenters. The lowest BCUT2D eigenvalue weighted by atomic mass is 9.99. The summed E-state index contributed by atoms with van der Waals surface area (Å²) in [7, 11) is 1.07. The zero-order chi connectivity index (χ0) is 15.8. The minimum atomic E-state index is -1.07. The van der Waals surface area contributed by atoms with Gasteiger partial charge >= 0.3 is 5.97 Å². The Labute approximate surface area is 122 Å². The predicted molar refractivity (Wildman–Crippen MR) is 74.4 cm³/mol. The van der Waals surface area contributed by atoms with Crippen LogP contribution >= 0.6 is 0 Å². The quantitative estimate of drug-likeness (QED) is 0.447.